The first kappa shape index (κ1) is 14.9. The molecule has 0 aliphatic heterocycles. The van der Waals surface area contributed by atoms with E-state index < -0.39 is 5.97 Å². The van der Waals surface area contributed by atoms with Gasteiger partial charge in [0.1, 0.15) is 6.54 Å². The maximum atomic E-state index is 11.8. The van der Waals surface area contributed by atoms with Crippen LogP contribution in [0.2, 0.25) is 0 Å². The van der Waals surface area contributed by atoms with Crippen LogP contribution in [0.15, 0.2) is 0 Å². The molecule has 0 fully saturated rings. The van der Waals surface area contributed by atoms with Gasteiger partial charge >= 0.3 is 5.97 Å². The van der Waals surface area contributed by atoms with Crippen LogP contribution in [-0.2, 0) is 14.3 Å². The van der Waals surface area contributed by atoms with Crippen LogP contribution in [0.1, 0.15) is 20.3 Å². The normalized spacial score (nSPS) is 12.7. The summed E-state index contributed by atoms with van der Waals surface area (Å²) in [6.45, 7) is 4.05. The van der Waals surface area contributed by atoms with Crippen molar-refractivity contribution in [2.24, 2.45) is 5.92 Å². The first-order chi connectivity index (χ1) is 7.38. The van der Waals surface area contributed by atoms with Crippen LogP contribution in [0, 0.1) is 5.92 Å². The van der Waals surface area contributed by atoms with Crippen LogP contribution in [0.4, 0.5) is 0 Å². The zero-order valence-corrected chi connectivity index (χ0v) is 10.7. The molecule has 0 aromatic heterocycles. The Balaban J connectivity index is 4.22. The van der Waals surface area contributed by atoms with Gasteiger partial charge in [0, 0.05) is 0 Å². The summed E-state index contributed by atoms with van der Waals surface area (Å²) in [6, 6.07) is -0.204. The predicted molar refractivity (Wildman–Crippen MR) is 62.0 cm³/mol. The third-order valence-electron chi connectivity index (χ3n) is 2.26. The highest BCUT2D eigenvalue weighted by atomic mass is 16.5. The molecule has 0 saturated carbocycles. The van der Waals surface area contributed by atoms with Gasteiger partial charge in [-0.25, -0.2) is 0 Å². The Morgan fingerprint density at radius 2 is 1.88 bits per heavy atom. The van der Waals surface area contributed by atoms with Crippen LogP contribution in [0.5, 0.6) is 0 Å². The number of hydrogen-bond acceptors (Lipinski definition) is 4. The molecule has 0 heterocycles. The number of amides is 1. The van der Waals surface area contributed by atoms with E-state index in [4.69, 9.17) is 0 Å². The third kappa shape index (κ3) is 5.70. The minimum absolute atomic E-state index is 0.0717. The number of nitrogens with one attached hydrogen (secondary N) is 1. The number of hydrogen-bond donors (Lipinski definition) is 1. The molecule has 1 unspecified atom stereocenters. The molecular weight excluding hydrogens is 208 g/mol. The molecular formula is C11H22N2O3. The van der Waals surface area contributed by atoms with Gasteiger partial charge in [0.25, 0.3) is 0 Å². The first-order valence-electron chi connectivity index (χ1n) is 5.39. The summed E-state index contributed by atoms with van der Waals surface area (Å²) < 4.78 is 4.45. The minimum Gasteiger partial charge on any atom is -0.468 e. The Morgan fingerprint density at radius 3 is 2.25 bits per heavy atom. The van der Waals surface area contributed by atoms with Gasteiger partial charge < -0.3 is 10.1 Å². The van der Waals surface area contributed by atoms with E-state index in [1.54, 1.807) is 0 Å². The lowest BCUT2D eigenvalue weighted by Crippen LogP contribution is -2.45. The fraction of sp³-hybridized carbons (Fsp3) is 0.818. The lowest BCUT2D eigenvalue weighted by molar-refractivity contribution is -0.141. The monoisotopic (exact) mass is 230 g/mol. The number of carbonyl (C=O) groups is 2. The second-order valence-electron chi connectivity index (χ2n) is 4.40. The van der Waals surface area contributed by atoms with Gasteiger partial charge in [-0.15, -0.1) is 0 Å². The van der Waals surface area contributed by atoms with Crippen molar-refractivity contribution in [3.63, 3.8) is 0 Å². The number of likely N-dealkylation sites (N-methyl/N-ethyl adjacent to an activating group) is 1. The summed E-state index contributed by atoms with van der Waals surface area (Å²) in [5.41, 5.74) is 0. The van der Waals surface area contributed by atoms with Gasteiger partial charge in [-0.1, -0.05) is 13.8 Å². The van der Waals surface area contributed by atoms with E-state index >= 15 is 0 Å². The molecule has 5 nitrogen and oxygen atoms in total. The van der Waals surface area contributed by atoms with Gasteiger partial charge in [-0.3, -0.25) is 14.5 Å². The minimum atomic E-state index is -0.435. The number of nitrogens with zero attached hydrogens (tertiary/aromatic N) is 1. The molecule has 0 saturated heterocycles. The number of rotatable bonds is 6. The molecule has 0 aliphatic carbocycles. The van der Waals surface area contributed by atoms with Crippen molar-refractivity contribution in [2.75, 3.05) is 27.7 Å². The fourth-order valence-corrected chi connectivity index (χ4v) is 1.35. The quantitative estimate of drug-likeness (QED) is 0.665. The summed E-state index contributed by atoms with van der Waals surface area (Å²) >= 11 is 0. The molecule has 1 atom stereocenters. The summed E-state index contributed by atoms with van der Waals surface area (Å²) in [6.07, 6.45) is 0.764. The molecule has 0 aliphatic rings. The van der Waals surface area contributed by atoms with Gasteiger partial charge in [-0.05, 0) is 26.4 Å². The molecule has 16 heavy (non-hydrogen) atoms. The molecule has 0 aromatic carbocycles. The van der Waals surface area contributed by atoms with Gasteiger partial charge in [0.2, 0.25) is 5.91 Å². The molecule has 0 rings (SSSR count). The van der Waals surface area contributed by atoms with Crippen molar-refractivity contribution in [1.82, 2.24) is 10.2 Å². The zero-order chi connectivity index (χ0) is 12.7. The number of esters is 1. The molecule has 1 N–H and O–H groups in total. The summed E-state index contributed by atoms with van der Waals surface area (Å²) in [5, 5.41) is 2.56. The molecule has 1 amide bonds. The Hall–Kier alpha value is -1.10. The molecule has 5 heteroatoms. The topological polar surface area (TPSA) is 58.6 Å². The van der Waals surface area contributed by atoms with Crippen molar-refractivity contribution >= 4 is 11.9 Å². The molecule has 0 aromatic rings. The highest BCUT2D eigenvalue weighted by Crippen LogP contribution is 2.08. The number of methoxy groups -OCH3 is 1. The van der Waals surface area contributed by atoms with E-state index in [0.29, 0.717) is 5.92 Å². The van der Waals surface area contributed by atoms with Gasteiger partial charge in [-0.2, -0.15) is 0 Å². The van der Waals surface area contributed by atoms with E-state index in [9.17, 15) is 9.59 Å². The first-order valence-corrected chi connectivity index (χ1v) is 5.39. The molecule has 0 bridgehead atoms. The summed E-state index contributed by atoms with van der Waals surface area (Å²) in [7, 11) is 5.00. The van der Waals surface area contributed by atoms with Crippen molar-refractivity contribution in [1.29, 1.82) is 0 Å². The van der Waals surface area contributed by atoms with Crippen LogP contribution < -0.4 is 5.32 Å². The van der Waals surface area contributed by atoms with Crippen LogP contribution in [0.3, 0.4) is 0 Å². The lowest BCUT2D eigenvalue weighted by atomic mass is 10.0. The highest BCUT2D eigenvalue weighted by Gasteiger charge is 2.22. The Bertz CT molecular complexity index is 239. The standard InChI is InChI=1S/C11H22N2O3/c1-8(2)6-9(13(3)4)11(15)12-7-10(14)16-5/h8-9H,6-7H2,1-5H3,(H,12,15). The molecule has 0 spiro atoms. The van der Waals surface area contributed by atoms with E-state index in [1.807, 2.05) is 19.0 Å². The van der Waals surface area contributed by atoms with E-state index in [2.05, 4.69) is 23.9 Å². The van der Waals surface area contributed by atoms with Crippen molar-refractivity contribution in [3.05, 3.63) is 0 Å². The smallest absolute Gasteiger partial charge is 0.325 e. The third-order valence-corrected chi connectivity index (χ3v) is 2.26. The Morgan fingerprint density at radius 1 is 1.31 bits per heavy atom. The van der Waals surface area contributed by atoms with Crippen molar-refractivity contribution in [2.45, 2.75) is 26.3 Å². The SMILES string of the molecule is COC(=O)CNC(=O)C(CC(C)C)N(C)C. The number of ether oxygens (including phenoxy) is 1. The summed E-state index contributed by atoms with van der Waals surface area (Å²) in [5.74, 6) is -0.143. The maximum Gasteiger partial charge on any atom is 0.325 e. The largest absolute Gasteiger partial charge is 0.468 e. The molecule has 94 valence electrons. The van der Waals surface area contributed by atoms with E-state index in [0.717, 1.165) is 6.42 Å². The van der Waals surface area contributed by atoms with Crippen LogP contribution >= 0.6 is 0 Å². The van der Waals surface area contributed by atoms with Crippen molar-refractivity contribution < 1.29 is 14.3 Å². The predicted octanol–water partition coefficient (Wildman–Crippen LogP) is 0.252. The highest BCUT2D eigenvalue weighted by molar-refractivity contribution is 5.85. The van der Waals surface area contributed by atoms with E-state index in [-0.39, 0.29) is 18.5 Å². The lowest BCUT2D eigenvalue weighted by Gasteiger charge is -2.24. The average Bonchev–Trinajstić information content (AvgIpc) is 2.21. The second kappa shape index (κ2) is 7.22. The Kier molecular flexibility index (Phi) is 6.72. The zero-order valence-electron chi connectivity index (χ0n) is 10.7. The van der Waals surface area contributed by atoms with E-state index in [1.165, 1.54) is 7.11 Å². The summed E-state index contributed by atoms with van der Waals surface area (Å²) in [4.78, 5) is 24.5. The van der Waals surface area contributed by atoms with Crippen molar-refractivity contribution in [3.8, 4) is 0 Å². The Labute approximate surface area is 97.1 Å². The average molecular weight is 230 g/mol. The molecule has 0 radical (unpaired) electrons. The van der Waals surface area contributed by atoms with Gasteiger partial charge in [0.15, 0.2) is 0 Å². The van der Waals surface area contributed by atoms with Crippen LogP contribution in [-0.4, -0.2) is 50.6 Å². The maximum absolute atomic E-state index is 11.8. The van der Waals surface area contributed by atoms with Crippen LogP contribution in [0.25, 0.3) is 0 Å². The van der Waals surface area contributed by atoms with Gasteiger partial charge in [0.05, 0.1) is 13.2 Å². The second-order valence-corrected chi connectivity index (χ2v) is 4.40. The fourth-order valence-electron chi connectivity index (χ4n) is 1.35. The number of carbonyl (C=O) groups excluding carboxylic acids is 2.